The van der Waals surface area contributed by atoms with Gasteiger partial charge in [-0.3, -0.25) is 9.78 Å². The molecule has 0 saturated heterocycles. The smallest absolute Gasteiger partial charge is 0.217 e. The van der Waals surface area contributed by atoms with Crippen LogP contribution in [0.1, 0.15) is 26.3 Å². The van der Waals surface area contributed by atoms with Gasteiger partial charge < -0.3 is 10.1 Å². The van der Waals surface area contributed by atoms with Crippen LogP contribution >= 0.6 is 0 Å². The predicted molar refractivity (Wildman–Crippen MR) is 87.8 cm³/mol. The number of benzene rings is 1. The van der Waals surface area contributed by atoms with Gasteiger partial charge in [-0.15, -0.1) is 0 Å². The van der Waals surface area contributed by atoms with Gasteiger partial charge in [0.25, 0.3) is 0 Å². The van der Waals surface area contributed by atoms with Crippen LogP contribution < -0.4 is 10.1 Å². The Bertz CT molecular complexity index is 606. The van der Waals surface area contributed by atoms with E-state index in [4.69, 9.17) is 4.74 Å². The third-order valence-corrected chi connectivity index (χ3v) is 3.29. The number of hydrogen-bond donors (Lipinski definition) is 1. The van der Waals surface area contributed by atoms with Crippen molar-refractivity contribution in [2.24, 2.45) is 0 Å². The first-order chi connectivity index (χ1) is 10.6. The van der Waals surface area contributed by atoms with Crippen molar-refractivity contribution in [3.63, 3.8) is 0 Å². The highest BCUT2D eigenvalue weighted by Gasteiger charge is 2.06. The number of pyridine rings is 1. The fourth-order valence-corrected chi connectivity index (χ4v) is 2.37. The summed E-state index contributed by atoms with van der Waals surface area (Å²) in [6.45, 7) is 6.14. The lowest BCUT2D eigenvalue weighted by atomic mass is 10.0. The van der Waals surface area contributed by atoms with Gasteiger partial charge in [0.1, 0.15) is 5.75 Å². The second-order valence-electron chi connectivity index (χ2n) is 5.31. The molecule has 22 heavy (non-hydrogen) atoms. The van der Waals surface area contributed by atoms with E-state index in [1.165, 1.54) is 12.5 Å². The summed E-state index contributed by atoms with van der Waals surface area (Å²) in [6, 6.07) is 12.3. The number of carbonyl (C=O) groups is 1. The number of ether oxygens (including phenoxy) is 1. The lowest BCUT2D eigenvalue weighted by molar-refractivity contribution is -0.119. The minimum atomic E-state index is 0.00251. The molecule has 1 heterocycles. The monoisotopic (exact) mass is 298 g/mol. The molecule has 4 heteroatoms. The number of rotatable bonds is 6. The van der Waals surface area contributed by atoms with Crippen molar-refractivity contribution in [3.8, 4) is 17.0 Å². The summed E-state index contributed by atoms with van der Waals surface area (Å²) in [7, 11) is 0. The van der Waals surface area contributed by atoms with E-state index >= 15 is 0 Å². The molecule has 1 atom stereocenters. The zero-order chi connectivity index (χ0) is 15.9. The quantitative estimate of drug-likeness (QED) is 0.891. The van der Waals surface area contributed by atoms with Crippen LogP contribution in [0.15, 0.2) is 42.6 Å². The number of hydrogen-bond acceptors (Lipinski definition) is 3. The Morgan fingerprint density at radius 2 is 1.95 bits per heavy atom. The summed E-state index contributed by atoms with van der Waals surface area (Å²) in [6.07, 6.45) is 2.56. The Balaban J connectivity index is 2.03. The van der Waals surface area contributed by atoms with Crippen LogP contribution in [0.5, 0.6) is 5.75 Å². The maximum absolute atomic E-state index is 11.0. The van der Waals surface area contributed by atoms with Gasteiger partial charge in [-0.25, -0.2) is 0 Å². The molecule has 0 radical (unpaired) electrons. The van der Waals surface area contributed by atoms with Crippen molar-refractivity contribution in [3.05, 3.63) is 48.2 Å². The average Bonchev–Trinajstić information content (AvgIpc) is 2.48. The van der Waals surface area contributed by atoms with Crippen LogP contribution in [0.4, 0.5) is 0 Å². The van der Waals surface area contributed by atoms with Crippen LogP contribution in [0.2, 0.25) is 0 Å². The fraction of sp³-hybridized carbons (Fsp3) is 0.333. The highest BCUT2D eigenvalue weighted by molar-refractivity contribution is 5.73. The third-order valence-electron chi connectivity index (χ3n) is 3.29. The zero-order valence-electron chi connectivity index (χ0n) is 13.3. The van der Waals surface area contributed by atoms with E-state index in [-0.39, 0.29) is 11.9 Å². The lowest BCUT2D eigenvalue weighted by Gasteiger charge is -2.12. The molecule has 1 amide bonds. The predicted octanol–water partition coefficient (Wildman–Crippen LogP) is 3.21. The van der Waals surface area contributed by atoms with E-state index in [0.717, 1.165) is 23.4 Å². The fourth-order valence-electron chi connectivity index (χ4n) is 2.37. The van der Waals surface area contributed by atoms with E-state index in [0.29, 0.717) is 6.61 Å². The number of nitrogens with one attached hydrogen (secondary N) is 1. The molecule has 0 aliphatic carbocycles. The summed E-state index contributed by atoms with van der Waals surface area (Å²) in [5.74, 6) is 0.787. The standard InChI is InChI=1S/C18H22N2O2/c1-4-22-17-9-10-18(19-12-17)16-7-5-15(6-8-16)11-13(2)20-14(3)21/h5-10,12-13H,4,11H2,1-3H3,(H,20,21). The highest BCUT2D eigenvalue weighted by Crippen LogP contribution is 2.20. The number of aromatic nitrogens is 1. The molecular formula is C18H22N2O2. The minimum Gasteiger partial charge on any atom is -0.492 e. The second kappa shape index (κ2) is 7.59. The van der Waals surface area contributed by atoms with Gasteiger partial charge in [0.15, 0.2) is 0 Å². The van der Waals surface area contributed by atoms with E-state index in [1.54, 1.807) is 6.20 Å². The van der Waals surface area contributed by atoms with Gasteiger partial charge in [0.2, 0.25) is 5.91 Å². The second-order valence-corrected chi connectivity index (χ2v) is 5.31. The number of nitrogens with zero attached hydrogens (tertiary/aromatic N) is 1. The van der Waals surface area contributed by atoms with Crippen LogP contribution in [0, 0.1) is 0 Å². The van der Waals surface area contributed by atoms with Crippen LogP contribution in [0.3, 0.4) is 0 Å². The Morgan fingerprint density at radius 1 is 1.23 bits per heavy atom. The van der Waals surface area contributed by atoms with Crippen LogP contribution in [-0.2, 0) is 11.2 Å². The van der Waals surface area contributed by atoms with Gasteiger partial charge in [0.05, 0.1) is 18.5 Å². The molecule has 2 aromatic rings. The van der Waals surface area contributed by atoms with Gasteiger partial charge in [0, 0.05) is 18.5 Å². The van der Waals surface area contributed by atoms with E-state index in [2.05, 4.69) is 34.6 Å². The first-order valence-electron chi connectivity index (χ1n) is 7.53. The molecule has 0 fully saturated rings. The van der Waals surface area contributed by atoms with E-state index in [1.807, 2.05) is 26.0 Å². The minimum absolute atomic E-state index is 0.00251. The molecule has 1 aromatic carbocycles. The topological polar surface area (TPSA) is 51.2 Å². The zero-order valence-corrected chi connectivity index (χ0v) is 13.3. The maximum Gasteiger partial charge on any atom is 0.217 e. The van der Waals surface area contributed by atoms with E-state index in [9.17, 15) is 4.79 Å². The van der Waals surface area contributed by atoms with Crippen LogP contribution in [-0.4, -0.2) is 23.5 Å². The molecule has 1 N–H and O–H groups in total. The van der Waals surface area contributed by atoms with Crippen molar-refractivity contribution < 1.29 is 9.53 Å². The Hall–Kier alpha value is -2.36. The van der Waals surface area contributed by atoms with Gasteiger partial charge >= 0.3 is 0 Å². The van der Waals surface area contributed by atoms with Crippen molar-refractivity contribution in [2.75, 3.05) is 6.61 Å². The summed E-state index contributed by atoms with van der Waals surface area (Å²) in [4.78, 5) is 15.4. The molecule has 0 aliphatic rings. The Labute approximate surface area is 131 Å². The van der Waals surface area contributed by atoms with Crippen molar-refractivity contribution in [1.29, 1.82) is 0 Å². The summed E-state index contributed by atoms with van der Waals surface area (Å²) in [5, 5.41) is 2.89. The normalized spacial score (nSPS) is 11.8. The summed E-state index contributed by atoms with van der Waals surface area (Å²) < 4.78 is 5.39. The maximum atomic E-state index is 11.0. The highest BCUT2D eigenvalue weighted by atomic mass is 16.5. The Morgan fingerprint density at radius 3 is 2.50 bits per heavy atom. The molecule has 2 rings (SSSR count). The molecule has 4 nitrogen and oxygen atoms in total. The van der Waals surface area contributed by atoms with Crippen LogP contribution in [0.25, 0.3) is 11.3 Å². The van der Waals surface area contributed by atoms with Gasteiger partial charge in [-0.2, -0.15) is 0 Å². The largest absolute Gasteiger partial charge is 0.492 e. The molecule has 1 unspecified atom stereocenters. The molecular weight excluding hydrogens is 276 g/mol. The molecule has 0 aliphatic heterocycles. The molecule has 1 aromatic heterocycles. The van der Waals surface area contributed by atoms with Gasteiger partial charge in [-0.1, -0.05) is 24.3 Å². The summed E-state index contributed by atoms with van der Waals surface area (Å²) in [5.41, 5.74) is 3.18. The molecule has 116 valence electrons. The average molecular weight is 298 g/mol. The molecule has 0 saturated carbocycles. The first-order valence-corrected chi connectivity index (χ1v) is 7.53. The molecule has 0 spiro atoms. The number of carbonyl (C=O) groups excluding carboxylic acids is 1. The molecule has 0 bridgehead atoms. The van der Waals surface area contributed by atoms with Crippen molar-refractivity contribution in [2.45, 2.75) is 33.2 Å². The van der Waals surface area contributed by atoms with Crippen molar-refractivity contribution >= 4 is 5.91 Å². The van der Waals surface area contributed by atoms with Gasteiger partial charge in [-0.05, 0) is 38.0 Å². The Kier molecular flexibility index (Phi) is 5.53. The third kappa shape index (κ3) is 4.58. The first kappa shape index (κ1) is 16.0. The van der Waals surface area contributed by atoms with Crippen molar-refractivity contribution in [1.82, 2.24) is 10.3 Å². The lowest BCUT2D eigenvalue weighted by Crippen LogP contribution is -2.31. The van der Waals surface area contributed by atoms with E-state index < -0.39 is 0 Å². The number of amides is 1. The summed E-state index contributed by atoms with van der Waals surface area (Å²) >= 11 is 0. The SMILES string of the molecule is CCOc1ccc(-c2ccc(CC(C)NC(C)=O)cc2)nc1.